The van der Waals surface area contributed by atoms with Crippen molar-refractivity contribution in [3.05, 3.63) is 30.6 Å². The van der Waals surface area contributed by atoms with Crippen molar-refractivity contribution in [2.75, 3.05) is 0 Å². The Kier molecular flexibility index (Phi) is 42.1. The molecule has 0 radical (unpaired) electrons. The second-order valence-corrected chi connectivity index (χ2v) is 0.753. The minimum atomic E-state index is -1.75. The largest absolute Gasteiger partial charge is 2.00 e. The summed E-state index contributed by atoms with van der Waals surface area (Å²) in [6.07, 6.45) is 0. The van der Waals surface area contributed by atoms with Gasteiger partial charge in [-0.3, -0.25) is 0 Å². The second-order valence-electron chi connectivity index (χ2n) is 0.549. The standard InChI is InChI=1S/CHNS.2NO3.Pt/c2-1-3;2*2-1(3)4;/h2H;;;/q;2*-1;+2. The maximum Gasteiger partial charge on any atom is 2.00 e. The van der Waals surface area contributed by atoms with Crippen LogP contribution < -0.4 is 0 Å². The van der Waals surface area contributed by atoms with Crippen LogP contribution in [0.5, 0.6) is 0 Å². The summed E-state index contributed by atoms with van der Waals surface area (Å²) in [5, 5.41) is 36.9. The first-order valence-electron chi connectivity index (χ1n) is 1.55. The molecule has 0 unspecified atom stereocenters. The molecule has 0 aromatic carbocycles. The summed E-state index contributed by atoms with van der Waals surface area (Å²) in [4.78, 5) is 16.5. The summed E-state index contributed by atoms with van der Waals surface area (Å²) in [6, 6.07) is 0. The Labute approximate surface area is 85.0 Å². The molecule has 0 atom stereocenters. The van der Waals surface area contributed by atoms with E-state index < -0.39 is 10.2 Å². The fourth-order valence-electron chi connectivity index (χ4n) is 0. The molecule has 0 saturated carbocycles. The topological polar surface area (TPSA) is 156 Å². The van der Waals surface area contributed by atoms with Crippen LogP contribution in [0.1, 0.15) is 0 Å². The predicted octanol–water partition coefficient (Wildman–Crippen LogP) is 0.187. The van der Waals surface area contributed by atoms with Gasteiger partial charge in [-0.2, -0.15) is 0 Å². The van der Waals surface area contributed by atoms with Gasteiger partial charge in [0, 0.05) is 0 Å². The minimum absolute atomic E-state index is 0. The van der Waals surface area contributed by atoms with Crippen molar-refractivity contribution in [2.45, 2.75) is 0 Å². The molecule has 9 nitrogen and oxygen atoms in total. The number of rotatable bonds is 0. The molecular weight excluding hydrogens is 377 g/mol. The summed E-state index contributed by atoms with van der Waals surface area (Å²) >= 11 is 3.81. The monoisotopic (exact) mass is 378 g/mol. The summed E-state index contributed by atoms with van der Waals surface area (Å²) in [6.45, 7) is 0. The molecule has 0 bridgehead atoms. The molecule has 11 heteroatoms. The van der Waals surface area contributed by atoms with Crippen LogP contribution in [0.25, 0.3) is 0 Å². The van der Waals surface area contributed by atoms with Gasteiger partial charge in [0.1, 0.15) is 0 Å². The normalized spacial score (nSPS) is 4.67. The zero-order valence-corrected chi connectivity index (χ0v) is 8.16. The Morgan fingerprint density at radius 3 is 1.08 bits per heavy atom. The molecule has 12 heavy (non-hydrogen) atoms. The molecule has 0 aromatic heterocycles. The molecule has 0 aliphatic rings. The Bertz CT molecular complexity index is 135. The number of nitrogens with zero attached hydrogens (tertiary/aromatic N) is 2. The average molecular weight is 378 g/mol. The third kappa shape index (κ3) is 448. The average Bonchev–Trinajstić information content (AvgIpc) is 1.60. The van der Waals surface area contributed by atoms with Gasteiger partial charge < -0.3 is 30.6 Å². The van der Waals surface area contributed by atoms with Crippen LogP contribution in [0.3, 0.4) is 0 Å². The van der Waals surface area contributed by atoms with Crippen LogP contribution >= 0.6 is 12.2 Å². The molecule has 0 amide bonds. The van der Waals surface area contributed by atoms with E-state index in [4.69, 9.17) is 36.1 Å². The van der Waals surface area contributed by atoms with E-state index >= 15 is 0 Å². The van der Waals surface area contributed by atoms with E-state index in [-0.39, 0.29) is 21.1 Å². The Balaban J connectivity index is -0.0000000389. The maximum atomic E-state index is 8.25. The molecule has 0 aliphatic heterocycles. The van der Waals surface area contributed by atoms with Crippen LogP contribution in [0.15, 0.2) is 0 Å². The van der Waals surface area contributed by atoms with Crippen LogP contribution in [-0.2, 0) is 21.1 Å². The van der Waals surface area contributed by atoms with Crippen LogP contribution in [0, 0.1) is 36.1 Å². The van der Waals surface area contributed by atoms with Crippen LogP contribution in [-0.4, -0.2) is 15.3 Å². The van der Waals surface area contributed by atoms with Gasteiger partial charge in [0.2, 0.25) is 0 Å². The summed E-state index contributed by atoms with van der Waals surface area (Å²) < 4.78 is 0. The van der Waals surface area contributed by atoms with Gasteiger partial charge in [-0.15, -0.1) is 0 Å². The van der Waals surface area contributed by atoms with Crippen molar-refractivity contribution in [3.63, 3.8) is 0 Å². The smallest absolute Gasteiger partial charge is 0.356 e. The fraction of sp³-hybridized carbons (Fsp3) is 0. The van der Waals surface area contributed by atoms with Crippen LogP contribution in [0.2, 0.25) is 0 Å². The van der Waals surface area contributed by atoms with Crippen molar-refractivity contribution in [1.82, 2.24) is 0 Å². The first-order valence-corrected chi connectivity index (χ1v) is 1.96. The van der Waals surface area contributed by atoms with Crippen LogP contribution in [0.4, 0.5) is 0 Å². The fourth-order valence-corrected chi connectivity index (χ4v) is 0. The van der Waals surface area contributed by atoms with Gasteiger partial charge in [0.25, 0.3) is 0 Å². The third-order valence-corrected chi connectivity index (χ3v) is 0. The van der Waals surface area contributed by atoms with E-state index in [0.717, 1.165) is 0 Å². The van der Waals surface area contributed by atoms with Crippen molar-refractivity contribution >= 4 is 17.4 Å². The van der Waals surface area contributed by atoms with Gasteiger partial charge in [-0.1, -0.05) is 0 Å². The molecule has 0 saturated heterocycles. The zero-order valence-electron chi connectivity index (χ0n) is 5.07. The van der Waals surface area contributed by atoms with Gasteiger partial charge in [-0.05, 0) is 12.2 Å². The zero-order chi connectivity index (χ0) is 9.86. The number of nitrogens with one attached hydrogen (secondary N) is 1. The predicted molar refractivity (Wildman–Crippen MR) is 36.0 cm³/mol. The van der Waals surface area contributed by atoms with Gasteiger partial charge in [-0.25, -0.2) is 5.41 Å². The molecule has 0 aromatic rings. The van der Waals surface area contributed by atoms with Gasteiger partial charge in [0.15, 0.2) is 0 Å². The van der Waals surface area contributed by atoms with Crippen molar-refractivity contribution < 1.29 is 31.2 Å². The second kappa shape index (κ2) is 22.5. The molecule has 0 spiro atoms. The number of hydrogen-bond donors (Lipinski definition) is 1. The summed E-state index contributed by atoms with van der Waals surface area (Å²) in [5.74, 6) is 0. The molecular formula is CHN3O6PtS. The molecule has 0 heterocycles. The van der Waals surface area contributed by atoms with Gasteiger partial charge >= 0.3 is 21.1 Å². The first kappa shape index (κ1) is 22.4. The molecule has 0 rings (SSSR count). The van der Waals surface area contributed by atoms with E-state index in [9.17, 15) is 0 Å². The van der Waals surface area contributed by atoms with E-state index in [1.54, 1.807) is 5.16 Å². The van der Waals surface area contributed by atoms with E-state index in [0.29, 0.717) is 0 Å². The molecule has 1 N–H and O–H groups in total. The Morgan fingerprint density at radius 1 is 1.08 bits per heavy atom. The third-order valence-electron chi connectivity index (χ3n) is 0. The molecule has 0 fully saturated rings. The van der Waals surface area contributed by atoms with E-state index in [1.807, 2.05) is 0 Å². The number of isothiocyanates is 1. The minimum Gasteiger partial charge on any atom is -0.356 e. The molecule has 0 aliphatic carbocycles. The Hall–Kier alpha value is -1.11. The molecule has 72 valence electrons. The van der Waals surface area contributed by atoms with E-state index in [1.165, 1.54) is 0 Å². The Morgan fingerprint density at radius 2 is 1.08 bits per heavy atom. The van der Waals surface area contributed by atoms with E-state index in [2.05, 4.69) is 12.2 Å². The summed E-state index contributed by atoms with van der Waals surface area (Å²) in [7, 11) is 0. The number of hydrogen-bond acceptors (Lipinski definition) is 8. The first-order chi connectivity index (χ1) is 4.88. The van der Waals surface area contributed by atoms with Crippen molar-refractivity contribution in [1.29, 1.82) is 5.41 Å². The quantitative estimate of drug-likeness (QED) is 0.273. The van der Waals surface area contributed by atoms with Gasteiger partial charge in [0.05, 0.1) is 15.3 Å². The number of thiocarbonyl (C=S) groups is 1. The van der Waals surface area contributed by atoms with Crippen molar-refractivity contribution in [2.24, 2.45) is 0 Å². The SMILES string of the molecule is N=C=S.O=[N+]([O-])[O-].O=[N+]([O-])[O-].[Pt+2]. The van der Waals surface area contributed by atoms with Crippen molar-refractivity contribution in [3.8, 4) is 0 Å². The maximum absolute atomic E-state index is 8.25. The summed E-state index contributed by atoms with van der Waals surface area (Å²) in [5.41, 5.74) is 0.